The fraction of sp³-hybridized carbons (Fsp3) is 0.474. The Kier molecular flexibility index (Phi) is 4.71. The number of nitrogens with one attached hydrogen (secondary N) is 1. The van der Waals surface area contributed by atoms with E-state index in [-0.39, 0.29) is 11.2 Å². The summed E-state index contributed by atoms with van der Waals surface area (Å²) in [6.45, 7) is 12.0. The number of hydrogen-bond acceptors (Lipinski definition) is 5. The Morgan fingerprint density at radius 1 is 1.15 bits per heavy atom. The van der Waals surface area contributed by atoms with Gasteiger partial charge in [-0.15, -0.1) is 0 Å². The van der Waals surface area contributed by atoms with E-state index in [0.29, 0.717) is 23.8 Å². The molecule has 2 aromatic rings. The van der Waals surface area contributed by atoms with Crippen molar-refractivity contribution in [1.82, 2.24) is 9.97 Å². The number of hydrogen-bond donors (Lipinski definition) is 1. The fourth-order valence-corrected chi connectivity index (χ4v) is 2.77. The molecule has 0 spiro atoms. The van der Waals surface area contributed by atoms with Gasteiger partial charge in [0, 0.05) is 11.3 Å². The summed E-state index contributed by atoms with van der Waals surface area (Å²) in [6.07, 6.45) is 0. The molecule has 3 rings (SSSR count). The van der Waals surface area contributed by atoms with Crippen LogP contribution in [0.2, 0.25) is 0 Å². The molecule has 2 heterocycles. The molecular weight excluding hydrogens is 331 g/mol. The van der Waals surface area contributed by atoms with Crippen LogP contribution in [0.4, 0.5) is 0 Å². The van der Waals surface area contributed by atoms with Crippen molar-refractivity contribution in [2.24, 2.45) is 0 Å². The van der Waals surface area contributed by atoms with Gasteiger partial charge in [0.1, 0.15) is 5.82 Å². The largest absolute Gasteiger partial charge is 0.494 e. The first kappa shape index (κ1) is 18.7. The van der Waals surface area contributed by atoms with E-state index in [4.69, 9.17) is 14.0 Å². The molecule has 0 saturated carbocycles. The number of rotatable bonds is 4. The summed E-state index contributed by atoms with van der Waals surface area (Å²) >= 11 is 0. The SMILES string of the molecule is CCOC(=O)c1nc(-c2ccc(B3OC(C)(C)C(C)(C)O3)cc2)[nH]c1C. The molecule has 138 valence electrons. The third-order valence-electron chi connectivity index (χ3n) is 5.06. The summed E-state index contributed by atoms with van der Waals surface area (Å²) < 4.78 is 17.2. The standard InChI is InChI=1S/C19H25BN2O4/c1-7-24-17(23)15-12(2)21-16(22-15)13-8-10-14(11-9-13)20-25-18(3,4)19(5,6)26-20/h8-11H,7H2,1-6H3,(H,21,22). The second-order valence-corrected chi connectivity index (χ2v) is 7.49. The van der Waals surface area contributed by atoms with Gasteiger partial charge >= 0.3 is 13.1 Å². The minimum Gasteiger partial charge on any atom is -0.461 e. The Balaban J connectivity index is 1.81. The van der Waals surface area contributed by atoms with Crippen LogP contribution < -0.4 is 5.46 Å². The van der Waals surface area contributed by atoms with Gasteiger partial charge in [-0.05, 0) is 47.0 Å². The smallest absolute Gasteiger partial charge is 0.461 e. The maximum absolute atomic E-state index is 11.9. The number of carbonyl (C=O) groups is 1. The van der Waals surface area contributed by atoms with Crippen molar-refractivity contribution in [3.63, 3.8) is 0 Å². The minimum atomic E-state index is -0.415. The quantitative estimate of drug-likeness (QED) is 0.674. The third kappa shape index (κ3) is 3.29. The molecule has 0 unspecified atom stereocenters. The van der Waals surface area contributed by atoms with Crippen molar-refractivity contribution in [1.29, 1.82) is 0 Å². The molecule has 1 N–H and O–H groups in total. The second kappa shape index (κ2) is 6.56. The highest BCUT2D eigenvalue weighted by Crippen LogP contribution is 2.36. The number of imidazole rings is 1. The molecule has 26 heavy (non-hydrogen) atoms. The first-order valence-corrected chi connectivity index (χ1v) is 8.84. The number of aryl methyl sites for hydroxylation is 1. The molecule has 1 aliphatic rings. The van der Waals surface area contributed by atoms with Gasteiger partial charge in [0.05, 0.1) is 17.8 Å². The highest BCUT2D eigenvalue weighted by atomic mass is 16.7. The summed E-state index contributed by atoms with van der Waals surface area (Å²) in [5.74, 6) is 0.215. The molecule has 1 saturated heterocycles. The van der Waals surface area contributed by atoms with Crippen LogP contribution >= 0.6 is 0 Å². The maximum Gasteiger partial charge on any atom is 0.494 e. The summed E-state index contributed by atoms with van der Waals surface area (Å²) in [5, 5.41) is 0. The Labute approximate surface area is 154 Å². The predicted molar refractivity (Wildman–Crippen MR) is 100 cm³/mol. The van der Waals surface area contributed by atoms with Crippen LogP contribution in [0.5, 0.6) is 0 Å². The molecule has 7 heteroatoms. The maximum atomic E-state index is 11.9. The monoisotopic (exact) mass is 356 g/mol. The van der Waals surface area contributed by atoms with E-state index in [1.165, 1.54) is 0 Å². The number of H-pyrrole nitrogens is 1. The average molecular weight is 356 g/mol. The normalized spacial score (nSPS) is 18.2. The molecule has 0 atom stereocenters. The van der Waals surface area contributed by atoms with E-state index in [2.05, 4.69) is 9.97 Å². The molecular formula is C19H25BN2O4. The molecule has 0 amide bonds. The average Bonchev–Trinajstić information content (AvgIpc) is 3.05. The number of esters is 1. The van der Waals surface area contributed by atoms with E-state index in [0.717, 1.165) is 11.0 Å². The lowest BCUT2D eigenvalue weighted by molar-refractivity contribution is 0.00578. The van der Waals surface area contributed by atoms with E-state index in [1.54, 1.807) is 6.92 Å². The van der Waals surface area contributed by atoms with Crippen molar-refractivity contribution >= 4 is 18.6 Å². The molecule has 0 radical (unpaired) electrons. The Morgan fingerprint density at radius 2 is 1.73 bits per heavy atom. The lowest BCUT2D eigenvalue weighted by atomic mass is 9.79. The van der Waals surface area contributed by atoms with E-state index >= 15 is 0 Å². The summed E-state index contributed by atoms with van der Waals surface area (Å²) in [5.41, 5.74) is 2.09. The summed E-state index contributed by atoms with van der Waals surface area (Å²) in [6, 6.07) is 7.79. The Bertz CT molecular complexity index is 795. The highest BCUT2D eigenvalue weighted by molar-refractivity contribution is 6.62. The van der Waals surface area contributed by atoms with Crippen LogP contribution in [-0.2, 0) is 14.0 Å². The van der Waals surface area contributed by atoms with Gasteiger partial charge in [0.25, 0.3) is 0 Å². The number of carbonyl (C=O) groups excluding carboxylic acids is 1. The van der Waals surface area contributed by atoms with Gasteiger partial charge in [-0.1, -0.05) is 24.3 Å². The van der Waals surface area contributed by atoms with Crippen LogP contribution in [0.15, 0.2) is 24.3 Å². The molecule has 1 aromatic carbocycles. The van der Waals surface area contributed by atoms with Gasteiger partial charge in [0.2, 0.25) is 0 Å². The van der Waals surface area contributed by atoms with Crippen LogP contribution in [0, 0.1) is 6.92 Å². The minimum absolute atomic E-state index is 0.317. The van der Waals surface area contributed by atoms with E-state index < -0.39 is 13.1 Å². The lowest BCUT2D eigenvalue weighted by Gasteiger charge is -2.32. The molecule has 6 nitrogen and oxygen atoms in total. The van der Waals surface area contributed by atoms with Crippen LogP contribution in [0.25, 0.3) is 11.4 Å². The Morgan fingerprint density at radius 3 is 2.27 bits per heavy atom. The number of ether oxygens (including phenoxy) is 1. The van der Waals surface area contributed by atoms with Crippen LogP contribution in [0.1, 0.15) is 50.8 Å². The number of benzene rings is 1. The van der Waals surface area contributed by atoms with E-state index in [1.807, 2.05) is 58.9 Å². The Hall–Kier alpha value is -2.12. The molecule has 0 aliphatic carbocycles. The summed E-state index contributed by atoms with van der Waals surface area (Å²) in [4.78, 5) is 19.4. The highest BCUT2D eigenvalue weighted by Gasteiger charge is 2.51. The third-order valence-corrected chi connectivity index (χ3v) is 5.06. The van der Waals surface area contributed by atoms with Gasteiger partial charge in [-0.3, -0.25) is 0 Å². The topological polar surface area (TPSA) is 73.4 Å². The van der Waals surface area contributed by atoms with Gasteiger partial charge in [-0.25, -0.2) is 9.78 Å². The lowest BCUT2D eigenvalue weighted by Crippen LogP contribution is -2.41. The first-order valence-electron chi connectivity index (χ1n) is 8.84. The number of aromatic nitrogens is 2. The molecule has 0 bridgehead atoms. The van der Waals surface area contributed by atoms with Crippen LogP contribution in [0.3, 0.4) is 0 Å². The molecule has 1 fully saturated rings. The first-order chi connectivity index (χ1) is 12.1. The zero-order valence-corrected chi connectivity index (χ0v) is 16.2. The molecule has 1 aliphatic heterocycles. The van der Waals surface area contributed by atoms with E-state index in [9.17, 15) is 4.79 Å². The van der Waals surface area contributed by atoms with Crippen molar-refractivity contribution < 1.29 is 18.8 Å². The van der Waals surface area contributed by atoms with Crippen molar-refractivity contribution in [3.8, 4) is 11.4 Å². The fourth-order valence-electron chi connectivity index (χ4n) is 2.77. The summed E-state index contributed by atoms with van der Waals surface area (Å²) in [7, 11) is -0.400. The van der Waals surface area contributed by atoms with Gasteiger partial charge in [0.15, 0.2) is 5.69 Å². The second-order valence-electron chi connectivity index (χ2n) is 7.49. The molecule has 1 aromatic heterocycles. The predicted octanol–water partition coefficient (Wildman–Crippen LogP) is 2.86. The zero-order valence-electron chi connectivity index (χ0n) is 16.2. The number of aromatic amines is 1. The van der Waals surface area contributed by atoms with Crippen molar-refractivity contribution in [2.45, 2.75) is 52.7 Å². The van der Waals surface area contributed by atoms with Gasteiger partial charge < -0.3 is 19.0 Å². The van der Waals surface area contributed by atoms with Crippen LogP contribution in [-0.4, -0.2) is 40.9 Å². The van der Waals surface area contributed by atoms with Crippen molar-refractivity contribution in [3.05, 3.63) is 35.7 Å². The van der Waals surface area contributed by atoms with Crippen molar-refractivity contribution in [2.75, 3.05) is 6.61 Å². The number of nitrogens with zero attached hydrogens (tertiary/aromatic N) is 1. The zero-order chi connectivity index (χ0) is 19.1. The van der Waals surface area contributed by atoms with Gasteiger partial charge in [-0.2, -0.15) is 0 Å².